The summed E-state index contributed by atoms with van der Waals surface area (Å²) in [5, 5.41) is 0. The highest BCUT2D eigenvalue weighted by Gasteiger charge is 2.16. The second kappa shape index (κ2) is 7.99. The van der Waals surface area contributed by atoms with Gasteiger partial charge < -0.3 is 9.69 Å². The van der Waals surface area contributed by atoms with E-state index in [4.69, 9.17) is 0 Å². The first-order valence-electron chi connectivity index (χ1n) is 4.97. The number of hydrogen-bond donors (Lipinski definition) is 0. The fraction of sp³-hybridized carbons (Fsp3) is 0.727. The molecule has 1 aliphatic heterocycles. The van der Waals surface area contributed by atoms with Crippen LogP contribution in [0, 0.1) is 5.92 Å². The highest BCUT2D eigenvalue weighted by Crippen LogP contribution is 2.14. The van der Waals surface area contributed by atoms with E-state index in [0.29, 0.717) is 6.42 Å². The molecule has 0 spiro atoms. The minimum atomic E-state index is 0.701. The number of aldehydes is 1. The van der Waals surface area contributed by atoms with Gasteiger partial charge >= 0.3 is 0 Å². The first-order chi connectivity index (χ1) is 6.24. The van der Waals surface area contributed by atoms with Gasteiger partial charge in [0, 0.05) is 19.5 Å². The van der Waals surface area contributed by atoms with Crippen molar-refractivity contribution in [2.24, 2.45) is 5.92 Å². The summed E-state index contributed by atoms with van der Waals surface area (Å²) in [4.78, 5) is 12.4. The third-order valence-electron chi connectivity index (χ3n) is 2.07. The minimum absolute atomic E-state index is 0.701. The van der Waals surface area contributed by atoms with E-state index in [1.54, 1.807) is 6.08 Å². The summed E-state index contributed by atoms with van der Waals surface area (Å²) in [6.07, 6.45) is 4.76. The summed E-state index contributed by atoms with van der Waals surface area (Å²) >= 11 is 0. The zero-order valence-electron chi connectivity index (χ0n) is 8.83. The van der Waals surface area contributed by atoms with E-state index in [2.05, 4.69) is 18.4 Å². The molecule has 1 heterocycles. The predicted octanol–water partition coefficient (Wildman–Crippen LogP) is 2.11. The van der Waals surface area contributed by atoms with Crippen LogP contribution in [-0.4, -0.2) is 30.8 Å². The van der Waals surface area contributed by atoms with Crippen LogP contribution in [0.2, 0.25) is 0 Å². The molecule has 1 aliphatic rings. The molecule has 0 aromatic carbocycles. The van der Waals surface area contributed by atoms with Crippen LogP contribution in [0.4, 0.5) is 0 Å². The first-order valence-corrected chi connectivity index (χ1v) is 4.97. The maximum absolute atomic E-state index is 10.0. The lowest BCUT2D eigenvalue weighted by atomic mass is 10.2. The number of carbonyl (C=O) groups excluding carboxylic acids is 1. The summed E-state index contributed by atoms with van der Waals surface area (Å²) in [5.74, 6) is 0.839. The van der Waals surface area contributed by atoms with Crippen molar-refractivity contribution in [3.05, 3.63) is 12.7 Å². The smallest absolute Gasteiger partial charge is 0.121 e. The highest BCUT2D eigenvalue weighted by molar-refractivity contribution is 5.49. The quantitative estimate of drug-likeness (QED) is 0.493. The van der Waals surface area contributed by atoms with E-state index >= 15 is 0 Å². The summed E-state index contributed by atoms with van der Waals surface area (Å²) in [6, 6.07) is 0. The van der Waals surface area contributed by atoms with Gasteiger partial charge in [-0.2, -0.15) is 0 Å². The second-order valence-corrected chi connectivity index (χ2v) is 3.56. The Balaban J connectivity index is 0.000000424. The van der Waals surface area contributed by atoms with E-state index in [9.17, 15) is 4.79 Å². The fourth-order valence-electron chi connectivity index (χ4n) is 1.46. The van der Waals surface area contributed by atoms with Crippen molar-refractivity contribution in [1.82, 2.24) is 4.90 Å². The van der Waals surface area contributed by atoms with E-state index < -0.39 is 0 Å². The predicted molar refractivity (Wildman–Crippen MR) is 56.8 cm³/mol. The van der Waals surface area contributed by atoms with Gasteiger partial charge in [0.25, 0.3) is 0 Å². The van der Waals surface area contributed by atoms with Crippen molar-refractivity contribution in [1.29, 1.82) is 0 Å². The monoisotopic (exact) mass is 183 g/mol. The average Bonchev–Trinajstić information content (AvgIpc) is 2.49. The first kappa shape index (κ1) is 12.4. The topological polar surface area (TPSA) is 20.3 Å². The van der Waals surface area contributed by atoms with Gasteiger partial charge in [-0.3, -0.25) is 0 Å². The Morgan fingerprint density at radius 2 is 2.23 bits per heavy atom. The standard InChI is InChI=1S/C8H15NO.C3H6/c1-8-3-5-9(7-8)4-2-6-10;1-3-2/h6,8H,2-5,7H2,1H3;3H,1H2,2H3. The Kier molecular flexibility index (Phi) is 7.60. The summed E-state index contributed by atoms with van der Waals surface area (Å²) in [6.45, 7) is 10.9. The van der Waals surface area contributed by atoms with Crippen molar-refractivity contribution in [3.63, 3.8) is 0 Å². The van der Waals surface area contributed by atoms with Crippen LogP contribution in [-0.2, 0) is 4.79 Å². The largest absolute Gasteiger partial charge is 0.303 e. The highest BCUT2D eigenvalue weighted by atomic mass is 16.1. The molecule has 0 N–H and O–H groups in total. The van der Waals surface area contributed by atoms with Crippen molar-refractivity contribution in [3.8, 4) is 0 Å². The molecule has 0 aromatic rings. The number of rotatable bonds is 3. The summed E-state index contributed by atoms with van der Waals surface area (Å²) in [5.41, 5.74) is 0. The van der Waals surface area contributed by atoms with Crippen LogP contribution in [0.1, 0.15) is 26.7 Å². The third-order valence-corrected chi connectivity index (χ3v) is 2.07. The molecule has 13 heavy (non-hydrogen) atoms. The number of hydrogen-bond acceptors (Lipinski definition) is 2. The minimum Gasteiger partial charge on any atom is -0.303 e. The molecule has 0 saturated carbocycles. The van der Waals surface area contributed by atoms with Crippen LogP contribution in [0.15, 0.2) is 12.7 Å². The molecule has 0 aromatic heterocycles. The van der Waals surface area contributed by atoms with E-state index in [1.807, 2.05) is 6.92 Å². The van der Waals surface area contributed by atoms with E-state index in [0.717, 1.165) is 18.7 Å². The van der Waals surface area contributed by atoms with Crippen LogP contribution >= 0.6 is 0 Å². The lowest BCUT2D eigenvalue weighted by molar-refractivity contribution is -0.108. The molecule has 2 nitrogen and oxygen atoms in total. The number of likely N-dealkylation sites (tertiary alicyclic amines) is 1. The van der Waals surface area contributed by atoms with Crippen LogP contribution < -0.4 is 0 Å². The van der Waals surface area contributed by atoms with Gasteiger partial charge in [-0.1, -0.05) is 13.0 Å². The van der Waals surface area contributed by atoms with Gasteiger partial charge in [0.05, 0.1) is 0 Å². The molecule has 76 valence electrons. The molecule has 0 radical (unpaired) electrons. The van der Waals surface area contributed by atoms with Gasteiger partial charge in [-0.25, -0.2) is 0 Å². The zero-order chi connectivity index (χ0) is 10.1. The Morgan fingerprint density at radius 1 is 1.62 bits per heavy atom. The van der Waals surface area contributed by atoms with Gasteiger partial charge in [0.2, 0.25) is 0 Å². The van der Waals surface area contributed by atoms with Crippen LogP contribution in [0.5, 0.6) is 0 Å². The van der Waals surface area contributed by atoms with E-state index in [-0.39, 0.29) is 0 Å². The number of allylic oxidation sites excluding steroid dienone is 1. The average molecular weight is 183 g/mol. The Labute approximate surface area is 81.6 Å². The lowest BCUT2D eigenvalue weighted by Gasteiger charge is -2.11. The molecule has 0 amide bonds. The summed E-state index contributed by atoms with van der Waals surface area (Å²) < 4.78 is 0. The van der Waals surface area contributed by atoms with Crippen molar-refractivity contribution < 1.29 is 4.79 Å². The van der Waals surface area contributed by atoms with Crippen molar-refractivity contribution >= 4 is 6.29 Å². The Bertz CT molecular complexity index is 145. The molecule has 1 fully saturated rings. The van der Waals surface area contributed by atoms with Crippen molar-refractivity contribution in [2.45, 2.75) is 26.7 Å². The lowest BCUT2D eigenvalue weighted by Crippen LogP contribution is -2.21. The van der Waals surface area contributed by atoms with Crippen molar-refractivity contribution in [2.75, 3.05) is 19.6 Å². The molecule has 2 heteroatoms. The Hall–Kier alpha value is -0.630. The SMILES string of the molecule is C=CC.CC1CCN(CCC=O)C1. The molecule has 0 aliphatic carbocycles. The van der Waals surface area contributed by atoms with Gasteiger partial charge in [-0.05, 0) is 25.8 Å². The Morgan fingerprint density at radius 3 is 2.62 bits per heavy atom. The molecular weight excluding hydrogens is 162 g/mol. The molecule has 0 bridgehead atoms. The molecule has 1 saturated heterocycles. The molecular formula is C11H21NO. The molecule has 1 unspecified atom stereocenters. The van der Waals surface area contributed by atoms with Gasteiger partial charge in [-0.15, -0.1) is 6.58 Å². The number of carbonyl (C=O) groups is 1. The second-order valence-electron chi connectivity index (χ2n) is 3.56. The zero-order valence-corrected chi connectivity index (χ0v) is 8.83. The van der Waals surface area contributed by atoms with Gasteiger partial charge in [0.1, 0.15) is 6.29 Å². The van der Waals surface area contributed by atoms with Crippen LogP contribution in [0.25, 0.3) is 0 Å². The number of nitrogens with zero attached hydrogens (tertiary/aromatic N) is 1. The van der Waals surface area contributed by atoms with Gasteiger partial charge in [0.15, 0.2) is 0 Å². The normalized spacial score (nSPS) is 21.8. The maximum atomic E-state index is 10.0. The summed E-state index contributed by atoms with van der Waals surface area (Å²) in [7, 11) is 0. The third kappa shape index (κ3) is 6.52. The molecule has 1 atom stereocenters. The maximum Gasteiger partial charge on any atom is 0.121 e. The van der Waals surface area contributed by atoms with E-state index in [1.165, 1.54) is 19.5 Å². The molecule has 1 rings (SSSR count). The van der Waals surface area contributed by atoms with Crippen LogP contribution in [0.3, 0.4) is 0 Å². The fourth-order valence-corrected chi connectivity index (χ4v) is 1.46.